The average molecular weight is 348 g/mol. The van der Waals surface area contributed by atoms with Gasteiger partial charge in [0, 0.05) is 21.4 Å². The largest absolute Gasteiger partial charge is 0.398 e. The van der Waals surface area contributed by atoms with Gasteiger partial charge in [-0.25, -0.2) is 0 Å². The van der Waals surface area contributed by atoms with Crippen LogP contribution in [-0.2, 0) is 0 Å². The number of anilines is 2. The monoisotopic (exact) mass is 347 g/mol. The van der Waals surface area contributed by atoms with E-state index in [9.17, 15) is 9.59 Å². The van der Waals surface area contributed by atoms with Gasteiger partial charge in [-0.1, -0.05) is 22.0 Å². The molecule has 0 heterocycles. The number of nitrogen functional groups attached to an aromatic ring is 1. The van der Waals surface area contributed by atoms with Crippen molar-refractivity contribution in [2.45, 2.75) is 6.92 Å². The molecule has 0 aliphatic heterocycles. The van der Waals surface area contributed by atoms with Crippen LogP contribution in [0.2, 0.25) is 0 Å². The summed E-state index contributed by atoms with van der Waals surface area (Å²) in [5, 5.41) is 2.74. The molecule has 2 aromatic carbocycles. The van der Waals surface area contributed by atoms with Crippen molar-refractivity contribution in [3.8, 4) is 0 Å². The van der Waals surface area contributed by atoms with Crippen molar-refractivity contribution in [1.82, 2.24) is 0 Å². The SMILES string of the molecule is Cc1c(NC(=O)c2cc(Br)ccc2N)cccc1C(N)=O. The van der Waals surface area contributed by atoms with E-state index >= 15 is 0 Å². The Hall–Kier alpha value is -2.34. The molecule has 5 nitrogen and oxygen atoms in total. The minimum Gasteiger partial charge on any atom is -0.398 e. The van der Waals surface area contributed by atoms with Crippen molar-refractivity contribution in [3.05, 3.63) is 57.6 Å². The van der Waals surface area contributed by atoms with E-state index in [2.05, 4.69) is 21.2 Å². The second kappa shape index (κ2) is 5.97. The zero-order valence-electron chi connectivity index (χ0n) is 11.3. The molecule has 2 amide bonds. The van der Waals surface area contributed by atoms with Gasteiger partial charge in [-0.15, -0.1) is 0 Å². The zero-order valence-corrected chi connectivity index (χ0v) is 12.9. The lowest BCUT2D eigenvalue weighted by Crippen LogP contribution is -2.17. The summed E-state index contributed by atoms with van der Waals surface area (Å²) >= 11 is 3.30. The summed E-state index contributed by atoms with van der Waals surface area (Å²) < 4.78 is 0.754. The summed E-state index contributed by atoms with van der Waals surface area (Å²) in [7, 11) is 0. The Balaban J connectivity index is 2.34. The Morgan fingerprint density at radius 1 is 1.14 bits per heavy atom. The van der Waals surface area contributed by atoms with Crippen LogP contribution >= 0.6 is 15.9 Å². The predicted molar refractivity (Wildman–Crippen MR) is 86.2 cm³/mol. The Labute approximate surface area is 130 Å². The molecule has 0 aromatic heterocycles. The number of hydrogen-bond acceptors (Lipinski definition) is 3. The minimum atomic E-state index is -0.537. The number of benzene rings is 2. The number of hydrogen-bond donors (Lipinski definition) is 3. The minimum absolute atomic E-state index is 0.349. The molecule has 2 aromatic rings. The molecule has 0 aliphatic rings. The van der Waals surface area contributed by atoms with Gasteiger partial charge in [-0.05, 0) is 42.8 Å². The first-order valence-corrected chi connectivity index (χ1v) is 6.95. The van der Waals surface area contributed by atoms with E-state index in [-0.39, 0.29) is 5.91 Å². The lowest BCUT2D eigenvalue weighted by Gasteiger charge is -2.12. The van der Waals surface area contributed by atoms with Crippen molar-refractivity contribution >= 4 is 39.1 Å². The molecule has 0 spiro atoms. The third kappa shape index (κ3) is 3.22. The van der Waals surface area contributed by atoms with Gasteiger partial charge in [0.2, 0.25) is 5.91 Å². The van der Waals surface area contributed by atoms with Crippen molar-refractivity contribution in [2.24, 2.45) is 5.73 Å². The smallest absolute Gasteiger partial charge is 0.257 e. The van der Waals surface area contributed by atoms with Gasteiger partial charge in [0.25, 0.3) is 5.91 Å². The molecule has 0 radical (unpaired) electrons. The fraction of sp³-hybridized carbons (Fsp3) is 0.0667. The van der Waals surface area contributed by atoms with Crippen LogP contribution in [-0.4, -0.2) is 11.8 Å². The molecule has 0 fully saturated rings. The highest BCUT2D eigenvalue weighted by Crippen LogP contribution is 2.22. The maximum atomic E-state index is 12.3. The number of halogens is 1. The molecule has 21 heavy (non-hydrogen) atoms. The standard InChI is InChI=1S/C15H14BrN3O2/c1-8-10(14(18)20)3-2-4-13(8)19-15(21)11-7-9(16)5-6-12(11)17/h2-7H,17H2,1H3,(H2,18,20)(H,19,21). The van der Waals surface area contributed by atoms with Gasteiger partial charge in [-0.3, -0.25) is 9.59 Å². The van der Waals surface area contributed by atoms with Crippen molar-refractivity contribution in [2.75, 3.05) is 11.1 Å². The van der Waals surface area contributed by atoms with Crippen LogP contribution in [0.5, 0.6) is 0 Å². The number of amides is 2. The maximum absolute atomic E-state index is 12.3. The van der Waals surface area contributed by atoms with Crippen molar-refractivity contribution in [1.29, 1.82) is 0 Å². The van der Waals surface area contributed by atoms with Crippen LogP contribution in [0.15, 0.2) is 40.9 Å². The molecule has 0 saturated heterocycles. The Morgan fingerprint density at radius 2 is 1.86 bits per heavy atom. The lowest BCUT2D eigenvalue weighted by molar-refractivity contribution is 0.0995. The topological polar surface area (TPSA) is 98.2 Å². The number of carbonyl (C=O) groups is 2. The Morgan fingerprint density at radius 3 is 2.52 bits per heavy atom. The third-order valence-electron chi connectivity index (χ3n) is 3.11. The van der Waals surface area contributed by atoms with Gasteiger partial charge in [0.1, 0.15) is 0 Å². The first kappa shape index (κ1) is 15.1. The molecule has 0 atom stereocenters. The summed E-state index contributed by atoms with van der Waals surface area (Å²) in [6.07, 6.45) is 0. The molecular formula is C15H14BrN3O2. The van der Waals surface area contributed by atoms with E-state index in [4.69, 9.17) is 11.5 Å². The molecule has 0 aliphatic carbocycles. The van der Waals surface area contributed by atoms with Gasteiger partial charge in [-0.2, -0.15) is 0 Å². The average Bonchev–Trinajstić information content (AvgIpc) is 2.43. The van der Waals surface area contributed by atoms with Gasteiger partial charge in [0.05, 0.1) is 5.56 Å². The van der Waals surface area contributed by atoms with Crippen LogP contribution in [0.1, 0.15) is 26.3 Å². The van der Waals surface area contributed by atoms with Gasteiger partial charge >= 0.3 is 0 Å². The second-order valence-corrected chi connectivity index (χ2v) is 5.44. The van der Waals surface area contributed by atoms with Crippen molar-refractivity contribution in [3.63, 3.8) is 0 Å². The summed E-state index contributed by atoms with van der Waals surface area (Å²) in [4.78, 5) is 23.6. The fourth-order valence-corrected chi connectivity index (χ4v) is 2.31. The Bertz CT molecular complexity index is 729. The van der Waals surface area contributed by atoms with E-state index in [0.717, 1.165) is 4.47 Å². The summed E-state index contributed by atoms with van der Waals surface area (Å²) in [5.41, 5.74) is 13.3. The van der Waals surface area contributed by atoms with E-state index in [1.807, 2.05) is 0 Å². The highest BCUT2D eigenvalue weighted by Gasteiger charge is 2.14. The van der Waals surface area contributed by atoms with E-state index in [0.29, 0.717) is 28.1 Å². The number of nitrogens with two attached hydrogens (primary N) is 2. The van der Waals surface area contributed by atoms with Crippen LogP contribution in [0.3, 0.4) is 0 Å². The summed E-state index contributed by atoms with van der Waals surface area (Å²) in [6.45, 7) is 1.72. The summed E-state index contributed by atoms with van der Waals surface area (Å²) in [5.74, 6) is -0.885. The normalized spacial score (nSPS) is 10.2. The summed E-state index contributed by atoms with van der Waals surface area (Å²) in [6, 6.07) is 10.0. The number of carbonyl (C=O) groups excluding carboxylic acids is 2. The maximum Gasteiger partial charge on any atom is 0.257 e. The van der Waals surface area contributed by atoms with Crippen molar-refractivity contribution < 1.29 is 9.59 Å². The highest BCUT2D eigenvalue weighted by molar-refractivity contribution is 9.10. The predicted octanol–water partition coefficient (Wildman–Crippen LogP) is 2.69. The molecule has 6 heteroatoms. The lowest BCUT2D eigenvalue weighted by atomic mass is 10.1. The number of primary amides is 1. The second-order valence-electron chi connectivity index (χ2n) is 4.53. The number of rotatable bonds is 3. The first-order valence-electron chi connectivity index (χ1n) is 6.16. The molecule has 2 rings (SSSR count). The molecule has 5 N–H and O–H groups in total. The quantitative estimate of drug-likeness (QED) is 0.744. The van der Waals surface area contributed by atoms with E-state index in [1.165, 1.54) is 0 Å². The van der Waals surface area contributed by atoms with E-state index < -0.39 is 5.91 Å². The zero-order chi connectivity index (χ0) is 15.6. The highest BCUT2D eigenvalue weighted by atomic mass is 79.9. The van der Waals surface area contributed by atoms with E-state index in [1.54, 1.807) is 43.3 Å². The van der Waals surface area contributed by atoms with Crippen LogP contribution in [0.25, 0.3) is 0 Å². The number of nitrogens with one attached hydrogen (secondary N) is 1. The van der Waals surface area contributed by atoms with Crippen LogP contribution in [0, 0.1) is 6.92 Å². The molecule has 108 valence electrons. The third-order valence-corrected chi connectivity index (χ3v) is 3.60. The Kier molecular flexibility index (Phi) is 4.28. The van der Waals surface area contributed by atoms with Gasteiger partial charge < -0.3 is 16.8 Å². The molecule has 0 unspecified atom stereocenters. The van der Waals surface area contributed by atoms with Gasteiger partial charge in [0.15, 0.2) is 0 Å². The molecule has 0 saturated carbocycles. The first-order chi connectivity index (χ1) is 9.90. The molecular weight excluding hydrogens is 334 g/mol. The van der Waals surface area contributed by atoms with Crippen LogP contribution in [0.4, 0.5) is 11.4 Å². The molecule has 0 bridgehead atoms. The fourth-order valence-electron chi connectivity index (χ4n) is 1.95. The van der Waals surface area contributed by atoms with Crippen LogP contribution < -0.4 is 16.8 Å².